The fraction of sp³-hybridized carbons (Fsp3) is 0.269. The van der Waals surface area contributed by atoms with Crippen molar-refractivity contribution in [3.05, 3.63) is 102 Å². The topological polar surface area (TPSA) is 34.5 Å². The van der Waals surface area contributed by atoms with Crippen LogP contribution in [0, 0.1) is 5.92 Å². The molecular formula is C26H28N2O2. The molecule has 1 fully saturated rings. The van der Waals surface area contributed by atoms with E-state index in [-0.39, 0.29) is 11.8 Å². The maximum absolute atomic E-state index is 13.2. The van der Waals surface area contributed by atoms with E-state index in [0.717, 1.165) is 24.4 Å². The Morgan fingerprint density at radius 2 is 2.00 bits per heavy atom. The number of rotatable bonds is 9. The van der Waals surface area contributed by atoms with E-state index >= 15 is 0 Å². The van der Waals surface area contributed by atoms with Crippen LogP contribution in [0.4, 0.5) is 0 Å². The molecule has 4 heteroatoms. The Morgan fingerprint density at radius 1 is 1.17 bits per heavy atom. The van der Waals surface area contributed by atoms with E-state index in [1.165, 1.54) is 11.1 Å². The third-order valence-corrected chi connectivity index (χ3v) is 5.76. The normalized spacial score (nSPS) is 17.4. The lowest BCUT2D eigenvalue weighted by Gasteiger charge is -2.23. The van der Waals surface area contributed by atoms with Crippen molar-refractivity contribution in [2.45, 2.75) is 25.4 Å². The molecule has 4 nitrogen and oxygen atoms in total. The second kappa shape index (κ2) is 9.04. The third kappa shape index (κ3) is 4.48. The highest BCUT2D eigenvalue weighted by atomic mass is 16.5. The minimum atomic E-state index is 0.0779. The number of aromatic nitrogens is 1. The summed E-state index contributed by atoms with van der Waals surface area (Å²) in [6, 6.07) is 22.6. The van der Waals surface area contributed by atoms with Crippen LogP contribution in [0.1, 0.15) is 29.2 Å². The highest BCUT2D eigenvalue weighted by molar-refractivity contribution is 5.83. The number of amides is 1. The van der Waals surface area contributed by atoms with Gasteiger partial charge in [0, 0.05) is 30.9 Å². The Balaban J connectivity index is 1.46. The quantitative estimate of drug-likeness (QED) is 0.481. The summed E-state index contributed by atoms with van der Waals surface area (Å²) in [5.41, 5.74) is 3.54. The largest absolute Gasteiger partial charge is 0.497 e. The van der Waals surface area contributed by atoms with Gasteiger partial charge >= 0.3 is 0 Å². The van der Waals surface area contributed by atoms with E-state index in [1.807, 2.05) is 53.4 Å². The molecule has 0 spiro atoms. The highest BCUT2D eigenvalue weighted by Crippen LogP contribution is 2.48. The van der Waals surface area contributed by atoms with Crippen molar-refractivity contribution >= 4 is 5.91 Å². The summed E-state index contributed by atoms with van der Waals surface area (Å²) in [5, 5.41) is 0. The van der Waals surface area contributed by atoms with Gasteiger partial charge in [-0.2, -0.15) is 0 Å². The first kappa shape index (κ1) is 20.0. The number of ether oxygens (including phenoxy) is 1. The number of carbonyl (C=O) groups is 1. The maximum Gasteiger partial charge on any atom is 0.226 e. The van der Waals surface area contributed by atoms with Gasteiger partial charge in [-0.25, -0.2) is 0 Å². The van der Waals surface area contributed by atoms with Crippen LogP contribution in [-0.4, -0.2) is 29.0 Å². The monoisotopic (exact) mass is 400 g/mol. The second-order valence-electron chi connectivity index (χ2n) is 7.85. The van der Waals surface area contributed by atoms with Crippen molar-refractivity contribution < 1.29 is 9.53 Å². The summed E-state index contributed by atoms with van der Waals surface area (Å²) in [6.45, 7) is 5.75. The molecule has 0 saturated heterocycles. The van der Waals surface area contributed by atoms with Crippen LogP contribution >= 0.6 is 0 Å². The van der Waals surface area contributed by atoms with Gasteiger partial charge in [-0.1, -0.05) is 48.5 Å². The van der Waals surface area contributed by atoms with Crippen LogP contribution in [0.15, 0.2) is 85.6 Å². The molecule has 154 valence electrons. The first-order valence-electron chi connectivity index (χ1n) is 10.4. The van der Waals surface area contributed by atoms with Gasteiger partial charge in [0.1, 0.15) is 5.75 Å². The maximum atomic E-state index is 13.2. The smallest absolute Gasteiger partial charge is 0.226 e. The van der Waals surface area contributed by atoms with E-state index in [9.17, 15) is 4.79 Å². The van der Waals surface area contributed by atoms with Crippen LogP contribution in [0.25, 0.3) is 0 Å². The van der Waals surface area contributed by atoms with E-state index in [1.54, 1.807) is 7.11 Å². The zero-order valence-corrected chi connectivity index (χ0v) is 17.4. The Kier molecular flexibility index (Phi) is 6.03. The first-order chi connectivity index (χ1) is 14.7. The van der Waals surface area contributed by atoms with Crippen molar-refractivity contribution in [3.63, 3.8) is 0 Å². The minimum absolute atomic E-state index is 0.0779. The Hall–Kier alpha value is -3.27. The lowest BCUT2D eigenvalue weighted by Crippen LogP contribution is -2.33. The van der Waals surface area contributed by atoms with Crippen LogP contribution in [0.2, 0.25) is 0 Å². The summed E-state index contributed by atoms with van der Waals surface area (Å²) in [7, 11) is 1.68. The molecule has 0 unspecified atom stereocenters. The number of hydrogen-bond donors (Lipinski definition) is 0. The molecule has 0 aliphatic heterocycles. The molecule has 1 heterocycles. The van der Waals surface area contributed by atoms with Gasteiger partial charge in [0.25, 0.3) is 0 Å². The van der Waals surface area contributed by atoms with E-state index < -0.39 is 0 Å². The average Bonchev–Trinajstić information content (AvgIpc) is 3.48. The van der Waals surface area contributed by atoms with Crippen LogP contribution < -0.4 is 4.74 Å². The minimum Gasteiger partial charge on any atom is -0.497 e. The number of hydrogen-bond acceptors (Lipinski definition) is 2. The molecule has 30 heavy (non-hydrogen) atoms. The van der Waals surface area contributed by atoms with Gasteiger partial charge in [0.15, 0.2) is 0 Å². The third-order valence-electron chi connectivity index (χ3n) is 5.76. The Bertz CT molecular complexity index is 1010. The van der Waals surface area contributed by atoms with E-state index in [0.29, 0.717) is 19.0 Å². The van der Waals surface area contributed by atoms with Gasteiger partial charge in [-0.15, -0.1) is 6.58 Å². The van der Waals surface area contributed by atoms with Crippen molar-refractivity contribution in [1.29, 1.82) is 0 Å². The number of methoxy groups -OCH3 is 1. The molecule has 1 saturated carbocycles. The molecule has 1 aliphatic carbocycles. The molecule has 4 rings (SSSR count). The Morgan fingerprint density at radius 3 is 2.77 bits per heavy atom. The molecule has 0 radical (unpaired) electrons. The Labute approximate surface area is 178 Å². The lowest BCUT2D eigenvalue weighted by atomic mass is 10.1. The molecule has 1 amide bonds. The molecule has 1 aliphatic rings. The average molecular weight is 401 g/mol. The van der Waals surface area contributed by atoms with E-state index in [4.69, 9.17) is 4.74 Å². The SMILES string of the molecule is C=CCN(Cc1cccn1Cc1cccc(OC)c1)C(=O)[C@@H]1C[C@H]1c1ccccc1. The van der Waals surface area contributed by atoms with Crippen LogP contribution in [0.5, 0.6) is 5.75 Å². The highest BCUT2D eigenvalue weighted by Gasteiger charge is 2.45. The summed E-state index contributed by atoms with van der Waals surface area (Å²) in [6.07, 6.45) is 4.81. The number of benzene rings is 2. The number of carbonyl (C=O) groups excluding carboxylic acids is 1. The zero-order valence-electron chi connectivity index (χ0n) is 17.4. The zero-order chi connectivity index (χ0) is 20.9. The predicted octanol–water partition coefficient (Wildman–Crippen LogP) is 4.86. The molecule has 1 aromatic heterocycles. The molecule has 0 bridgehead atoms. The van der Waals surface area contributed by atoms with Gasteiger partial charge in [-0.05, 0) is 47.7 Å². The fourth-order valence-electron chi connectivity index (χ4n) is 4.07. The molecular weight excluding hydrogens is 372 g/mol. The molecule has 2 aromatic carbocycles. The summed E-state index contributed by atoms with van der Waals surface area (Å²) >= 11 is 0. The van der Waals surface area contributed by atoms with E-state index in [2.05, 4.69) is 41.6 Å². The summed E-state index contributed by atoms with van der Waals surface area (Å²) in [5.74, 6) is 1.49. The van der Waals surface area contributed by atoms with Crippen molar-refractivity contribution in [1.82, 2.24) is 9.47 Å². The first-order valence-corrected chi connectivity index (χ1v) is 10.4. The van der Waals surface area contributed by atoms with Crippen LogP contribution in [0.3, 0.4) is 0 Å². The second-order valence-corrected chi connectivity index (χ2v) is 7.85. The molecule has 2 atom stereocenters. The van der Waals surface area contributed by atoms with Gasteiger partial charge in [0.05, 0.1) is 13.7 Å². The van der Waals surface area contributed by atoms with Gasteiger partial charge < -0.3 is 14.2 Å². The van der Waals surface area contributed by atoms with Crippen LogP contribution in [-0.2, 0) is 17.9 Å². The molecule has 3 aromatic rings. The lowest BCUT2D eigenvalue weighted by molar-refractivity contribution is -0.132. The van der Waals surface area contributed by atoms with Crippen molar-refractivity contribution in [2.75, 3.05) is 13.7 Å². The molecule has 0 N–H and O–H groups in total. The fourth-order valence-corrected chi connectivity index (χ4v) is 4.07. The predicted molar refractivity (Wildman–Crippen MR) is 119 cm³/mol. The van der Waals surface area contributed by atoms with Crippen molar-refractivity contribution in [2.24, 2.45) is 5.92 Å². The standard InChI is InChI=1S/C26H28N2O2/c1-3-14-28(26(29)25-17-24(25)21-10-5-4-6-11-21)19-22-12-8-15-27(22)18-20-9-7-13-23(16-20)30-2/h3-13,15-16,24-25H,1,14,17-19H2,2H3/t24-,25+/m0/s1. The van der Waals surface area contributed by atoms with Gasteiger partial charge in [0.2, 0.25) is 5.91 Å². The summed E-state index contributed by atoms with van der Waals surface area (Å²) < 4.78 is 7.53. The van der Waals surface area contributed by atoms with Crippen molar-refractivity contribution in [3.8, 4) is 5.75 Å². The summed E-state index contributed by atoms with van der Waals surface area (Å²) in [4.78, 5) is 15.1. The van der Waals surface area contributed by atoms with Gasteiger partial charge in [-0.3, -0.25) is 4.79 Å². The number of nitrogens with zero attached hydrogens (tertiary/aromatic N) is 2.